The van der Waals surface area contributed by atoms with Gasteiger partial charge < -0.3 is 20.4 Å². The van der Waals surface area contributed by atoms with Crippen molar-refractivity contribution in [2.24, 2.45) is 5.73 Å². The number of aromatic nitrogens is 2. The largest absolute Gasteiger partial charge is 0.368 e. The van der Waals surface area contributed by atoms with Crippen molar-refractivity contribution < 1.29 is 4.79 Å². The summed E-state index contributed by atoms with van der Waals surface area (Å²) in [6.07, 6.45) is 0.951. The highest BCUT2D eigenvalue weighted by Gasteiger charge is 2.28. The fourth-order valence-corrected chi connectivity index (χ4v) is 4.13. The van der Waals surface area contributed by atoms with Crippen molar-refractivity contribution in [1.29, 1.82) is 0 Å². The molecular weight excluding hydrogens is 364 g/mol. The molecule has 3 heterocycles. The molecule has 1 atom stereocenters. The highest BCUT2D eigenvalue weighted by atomic mass is 16.2. The van der Waals surface area contributed by atoms with Crippen LogP contribution in [0.3, 0.4) is 0 Å². The molecule has 0 aliphatic carbocycles. The third-order valence-corrected chi connectivity index (χ3v) is 6.01. The molecule has 2 aromatic rings. The number of anilines is 2. The Morgan fingerprint density at radius 1 is 1.03 bits per heavy atom. The molecule has 4 rings (SSSR count). The third-order valence-electron chi connectivity index (χ3n) is 6.01. The average Bonchev–Trinajstić information content (AvgIpc) is 3.15. The monoisotopic (exact) mass is 394 g/mol. The Labute approximate surface area is 172 Å². The van der Waals surface area contributed by atoms with E-state index in [-0.39, 0.29) is 11.9 Å². The molecule has 0 bridgehead atoms. The fourth-order valence-electron chi connectivity index (χ4n) is 4.13. The van der Waals surface area contributed by atoms with Gasteiger partial charge in [-0.2, -0.15) is 0 Å². The molecule has 29 heavy (non-hydrogen) atoms. The molecule has 2 N–H and O–H groups in total. The Bertz CT molecular complexity index is 906. The molecule has 1 amide bonds. The van der Waals surface area contributed by atoms with E-state index in [0.29, 0.717) is 18.9 Å². The summed E-state index contributed by atoms with van der Waals surface area (Å²) in [5.41, 5.74) is 10.4. The van der Waals surface area contributed by atoms with Gasteiger partial charge in [0.1, 0.15) is 5.82 Å². The highest BCUT2D eigenvalue weighted by molar-refractivity contribution is 5.91. The van der Waals surface area contributed by atoms with Crippen LogP contribution in [0.4, 0.5) is 11.5 Å². The SMILES string of the molecule is Cc1cccc(N2CCN(C(=O)c3nc(C)c(C)c(N4CC[C@@H](N)C4)n3)CC2)c1. The lowest BCUT2D eigenvalue weighted by Gasteiger charge is -2.36. The van der Waals surface area contributed by atoms with Gasteiger partial charge in [-0.3, -0.25) is 4.79 Å². The molecule has 1 aromatic heterocycles. The second kappa shape index (κ2) is 7.99. The summed E-state index contributed by atoms with van der Waals surface area (Å²) < 4.78 is 0. The lowest BCUT2D eigenvalue weighted by molar-refractivity contribution is 0.0734. The van der Waals surface area contributed by atoms with Gasteiger partial charge in [0.15, 0.2) is 0 Å². The highest BCUT2D eigenvalue weighted by Crippen LogP contribution is 2.24. The van der Waals surface area contributed by atoms with E-state index in [9.17, 15) is 4.79 Å². The van der Waals surface area contributed by atoms with Crippen molar-refractivity contribution in [2.75, 3.05) is 49.1 Å². The third kappa shape index (κ3) is 4.05. The van der Waals surface area contributed by atoms with Gasteiger partial charge in [0.25, 0.3) is 5.91 Å². The molecule has 2 saturated heterocycles. The van der Waals surface area contributed by atoms with Crippen molar-refractivity contribution in [1.82, 2.24) is 14.9 Å². The molecular formula is C22H30N6O. The summed E-state index contributed by atoms with van der Waals surface area (Å²) in [5.74, 6) is 1.07. The van der Waals surface area contributed by atoms with Crippen molar-refractivity contribution in [2.45, 2.75) is 33.2 Å². The maximum Gasteiger partial charge on any atom is 0.291 e. The Hall–Kier alpha value is -2.67. The summed E-state index contributed by atoms with van der Waals surface area (Å²) in [7, 11) is 0. The van der Waals surface area contributed by atoms with Crippen LogP contribution < -0.4 is 15.5 Å². The predicted octanol–water partition coefficient (Wildman–Crippen LogP) is 1.90. The van der Waals surface area contributed by atoms with E-state index < -0.39 is 0 Å². The quantitative estimate of drug-likeness (QED) is 0.857. The molecule has 0 spiro atoms. The zero-order valence-corrected chi connectivity index (χ0v) is 17.6. The van der Waals surface area contributed by atoms with Crippen LogP contribution in [0.25, 0.3) is 0 Å². The number of carbonyl (C=O) groups excluding carboxylic acids is 1. The first-order chi connectivity index (χ1) is 13.9. The van der Waals surface area contributed by atoms with Crippen LogP contribution in [-0.4, -0.2) is 66.1 Å². The molecule has 1 aromatic carbocycles. The van der Waals surface area contributed by atoms with E-state index in [1.807, 2.05) is 18.7 Å². The number of carbonyl (C=O) groups is 1. The Kier molecular flexibility index (Phi) is 5.41. The molecule has 2 aliphatic heterocycles. The second-order valence-corrected chi connectivity index (χ2v) is 8.19. The van der Waals surface area contributed by atoms with E-state index in [1.54, 1.807) is 0 Å². The summed E-state index contributed by atoms with van der Waals surface area (Å²) in [4.78, 5) is 28.7. The van der Waals surface area contributed by atoms with Crippen LogP contribution in [0.15, 0.2) is 24.3 Å². The number of aryl methyl sites for hydroxylation is 2. The number of nitrogens with two attached hydrogens (primary N) is 1. The molecule has 2 aliphatic rings. The number of nitrogens with zero attached hydrogens (tertiary/aromatic N) is 5. The van der Waals surface area contributed by atoms with Crippen LogP contribution in [0.2, 0.25) is 0 Å². The van der Waals surface area contributed by atoms with Gasteiger partial charge in [-0.15, -0.1) is 0 Å². The van der Waals surface area contributed by atoms with Gasteiger partial charge in [-0.25, -0.2) is 9.97 Å². The summed E-state index contributed by atoms with van der Waals surface area (Å²) in [5, 5.41) is 0. The van der Waals surface area contributed by atoms with Crippen LogP contribution in [0.5, 0.6) is 0 Å². The Balaban J connectivity index is 1.48. The van der Waals surface area contributed by atoms with Crippen LogP contribution >= 0.6 is 0 Å². The molecule has 2 fully saturated rings. The number of benzene rings is 1. The molecule has 0 saturated carbocycles. The summed E-state index contributed by atoms with van der Waals surface area (Å²) in [6, 6.07) is 8.67. The van der Waals surface area contributed by atoms with Gasteiger partial charge in [0, 0.05) is 62.3 Å². The van der Waals surface area contributed by atoms with Gasteiger partial charge >= 0.3 is 0 Å². The van der Waals surface area contributed by atoms with E-state index in [0.717, 1.165) is 49.7 Å². The lowest BCUT2D eigenvalue weighted by Crippen LogP contribution is -2.49. The van der Waals surface area contributed by atoms with Crippen molar-refractivity contribution in [3.8, 4) is 0 Å². The van der Waals surface area contributed by atoms with E-state index in [2.05, 4.69) is 51.0 Å². The van der Waals surface area contributed by atoms with E-state index in [4.69, 9.17) is 5.73 Å². The second-order valence-electron chi connectivity index (χ2n) is 8.19. The Morgan fingerprint density at radius 2 is 1.79 bits per heavy atom. The minimum Gasteiger partial charge on any atom is -0.368 e. The first-order valence-electron chi connectivity index (χ1n) is 10.4. The lowest BCUT2D eigenvalue weighted by atomic mass is 10.2. The van der Waals surface area contributed by atoms with Crippen molar-refractivity contribution >= 4 is 17.4 Å². The van der Waals surface area contributed by atoms with Gasteiger partial charge in [0.05, 0.1) is 0 Å². The van der Waals surface area contributed by atoms with Gasteiger partial charge in [-0.1, -0.05) is 12.1 Å². The first-order valence-corrected chi connectivity index (χ1v) is 10.4. The minimum absolute atomic E-state index is 0.0817. The average molecular weight is 395 g/mol. The van der Waals surface area contributed by atoms with Crippen LogP contribution in [0, 0.1) is 20.8 Å². The molecule has 7 nitrogen and oxygen atoms in total. The molecule has 7 heteroatoms. The van der Waals surface area contributed by atoms with Crippen LogP contribution in [0.1, 0.15) is 33.9 Å². The van der Waals surface area contributed by atoms with E-state index in [1.165, 1.54) is 11.3 Å². The van der Waals surface area contributed by atoms with Crippen LogP contribution in [-0.2, 0) is 0 Å². The number of hydrogen-bond donors (Lipinski definition) is 1. The Morgan fingerprint density at radius 3 is 2.45 bits per heavy atom. The molecule has 154 valence electrons. The summed E-state index contributed by atoms with van der Waals surface area (Å²) >= 11 is 0. The molecule has 0 radical (unpaired) electrons. The fraction of sp³-hybridized carbons (Fsp3) is 0.500. The smallest absolute Gasteiger partial charge is 0.291 e. The van der Waals surface area contributed by atoms with Gasteiger partial charge in [-0.05, 0) is 44.9 Å². The summed E-state index contributed by atoms with van der Waals surface area (Å²) in [6.45, 7) is 10.7. The minimum atomic E-state index is -0.0817. The number of piperazine rings is 1. The normalized spacial score (nSPS) is 19.7. The van der Waals surface area contributed by atoms with Gasteiger partial charge in [0.2, 0.25) is 5.82 Å². The molecule has 0 unspecified atom stereocenters. The number of rotatable bonds is 3. The van der Waals surface area contributed by atoms with E-state index >= 15 is 0 Å². The van der Waals surface area contributed by atoms with Crippen molar-refractivity contribution in [3.05, 3.63) is 46.9 Å². The number of hydrogen-bond acceptors (Lipinski definition) is 6. The maximum absolute atomic E-state index is 13.1. The topological polar surface area (TPSA) is 78.6 Å². The first kappa shape index (κ1) is 19.6. The zero-order valence-electron chi connectivity index (χ0n) is 17.6. The standard InChI is InChI=1S/C22H30N6O/c1-15-5-4-6-19(13-15)26-9-11-27(12-10-26)22(29)20-24-17(3)16(2)21(25-20)28-8-7-18(23)14-28/h4-6,13,18H,7-12,14,23H2,1-3H3/t18-/m1/s1. The maximum atomic E-state index is 13.1. The van der Waals surface area contributed by atoms with Crippen molar-refractivity contribution in [3.63, 3.8) is 0 Å². The number of amides is 1. The predicted molar refractivity (Wildman–Crippen MR) is 116 cm³/mol. The zero-order chi connectivity index (χ0) is 20.5.